The number of nitrogens with zero attached hydrogens (tertiary/aromatic N) is 3. The number of piperazine rings is 1. The van der Waals surface area contributed by atoms with Crippen molar-refractivity contribution in [2.45, 2.75) is 6.04 Å². The zero-order chi connectivity index (χ0) is 14.7. The van der Waals surface area contributed by atoms with Gasteiger partial charge in [0.05, 0.1) is 11.9 Å². The van der Waals surface area contributed by atoms with Gasteiger partial charge in [0.25, 0.3) is 0 Å². The minimum Gasteiger partial charge on any atom is -0.480 e. The van der Waals surface area contributed by atoms with Crippen molar-refractivity contribution in [1.82, 2.24) is 15.2 Å². The van der Waals surface area contributed by atoms with Crippen LogP contribution in [0.3, 0.4) is 0 Å². The number of pyridine rings is 1. The highest BCUT2D eigenvalue weighted by atomic mass is 16.4. The van der Waals surface area contributed by atoms with E-state index < -0.39 is 18.0 Å². The Balaban J connectivity index is 2.21. The van der Waals surface area contributed by atoms with Crippen LogP contribution in [-0.4, -0.2) is 59.1 Å². The van der Waals surface area contributed by atoms with Crippen LogP contribution in [-0.2, 0) is 9.59 Å². The number of carboxylic acid groups (broad SMARTS) is 1. The fourth-order valence-corrected chi connectivity index (χ4v) is 1.92. The lowest BCUT2D eigenvalue weighted by Gasteiger charge is -2.35. The molecule has 0 aromatic carbocycles. The molecule has 0 aliphatic carbocycles. The van der Waals surface area contributed by atoms with E-state index in [1.807, 2.05) is 0 Å². The summed E-state index contributed by atoms with van der Waals surface area (Å²) in [5, 5.41) is 11.6. The molecule has 2 N–H and O–H groups in total. The van der Waals surface area contributed by atoms with Crippen molar-refractivity contribution < 1.29 is 19.5 Å². The highest BCUT2D eigenvalue weighted by Gasteiger charge is 2.36. The van der Waals surface area contributed by atoms with E-state index in [9.17, 15) is 14.4 Å². The second-order valence-corrected chi connectivity index (χ2v) is 4.34. The number of carboxylic acids is 1. The van der Waals surface area contributed by atoms with Crippen LogP contribution in [0.15, 0.2) is 24.5 Å². The van der Waals surface area contributed by atoms with E-state index in [0.717, 1.165) is 4.90 Å². The first kappa shape index (κ1) is 13.8. The van der Waals surface area contributed by atoms with Crippen LogP contribution in [0.2, 0.25) is 0 Å². The van der Waals surface area contributed by atoms with Gasteiger partial charge in [-0.05, 0) is 12.1 Å². The smallest absolute Gasteiger partial charge is 0.328 e. The second kappa shape index (κ2) is 5.55. The Kier molecular flexibility index (Phi) is 3.83. The summed E-state index contributed by atoms with van der Waals surface area (Å²) < 4.78 is 0. The van der Waals surface area contributed by atoms with E-state index >= 15 is 0 Å². The van der Waals surface area contributed by atoms with Crippen molar-refractivity contribution in [3.63, 3.8) is 0 Å². The van der Waals surface area contributed by atoms with Gasteiger partial charge in [0.2, 0.25) is 5.91 Å². The molecule has 2 heterocycles. The molecule has 1 aliphatic heterocycles. The topological polar surface area (TPSA) is 103 Å². The minimum absolute atomic E-state index is 0.0964. The first-order valence-corrected chi connectivity index (χ1v) is 5.94. The summed E-state index contributed by atoms with van der Waals surface area (Å²) in [4.78, 5) is 41.1. The van der Waals surface area contributed by atoms with Gasteiger partial charge >= 0.3 is 12.0 Å². The molecule has 1 fully saturated rings. The Morgan fingerprint density at radius 2 is 2.30 bits per heavy atom. The Labute approximate surface area is 115 Å². The fraction of sp³-hybridized carbons (Fsp3) is 0.333. The molecule has 1 aromatic heterocycles. The summed E-state index contributed by atoms with van der Waals surface area (Å²) in [6.45, 7) is -0.374. The molecule has 0 radical (unpaired) electrons. The van der Waals surface area contributed by atoms with Crippen LogP contribution in [0.25, 0.3) is 0 Å². The van der Waals surface area contributed by atoms with Gasteiger partial charge in [-0.3, -0.25) is 19.6 Å². The zero-order valence-corrected chi connectivity index (χ0v) is 10.8. The van der Waals surface area contributed by atoms with Gasteiger partial charge in [-0.1, -0.05) is 0 Å². The number of aromatic nitrogens is 1. The molecule has 3 amide bonds. The van der Waals surface area contributed by atoms with E-state index in [1.165, 1.54) is 18.1 Å². The van der Waals surface area contributed by atoms with E-state index in [1.54, 1.807) is 18.3 Å². The molecule has 106 valence electrons. The van der Waals surface area contributed by atoms with Crippen LogP contribution in [0.1, 0.15) is 0 Å². The van der Waals surface area contributed by atoms with E-state index in [4.69, 9.17) is 5.11 Å². The largest absolute Gasteiger partial charge is 0.480 e. The molecule has 0 bridgehead atoms. The summed E-state index contributed by atoms with van der Waals surface area (Å²) in [6.07, 6.45) is 3.05. The molecule has 0 spiro atoms. The van der Waals surface area contributed by atoms with E-state index in [0.29, 0.717) is 5.69 Å². The number of amides is 3. The van der Waals surface area contributed by atoms with Crippen molar-refractivity contribution in [3.8, 4) is 0 Å². The monoisotopic (exact) mass is 278 g/mol. The molecule has 1 saturated heterocycles. The molecule has 1 atom stereocenters. The average Bonchev–Trinajstić information content (AvgIpc) is 2.46. The molecule has 0 saturated carbocycles. The number of urea groups is 1. The van der Waals surface area contributed by atoms with Gasteiger partial charge in [0, 0.05) is 19.8 Å². The number of rotatable bonds is 2. The summed E-state index contributed by atoms with van der Waals surface area (Å²) in [7, 11) is 1.50. The lowest BCUT2D eigenvalue weighted by atomic mass is 10.2. The van der Waals surface area contributed by atoms with Crippen LogP contribution in [0.5, 0.6) is 0 Å². The predicted octanol–water partition coefficient (Wildman–Crippen LogP) is -0.477. The van der Waals surface area contributed by atoms with Gasteiger partial charge in [-0.2, -0.15) is 0 Å². The van der Waals surface area contributed by atoms with E-state index in [2.05, 4.69) is 10.3 Å². The summed E-state index contributed by atoms with van der Waals surface area (Å²) in [5.41, 5.74) is 0.521. The third kappa shape index (κ3) is 2.68. The third-order valence-corrected chi connectivity index (χ3v) is 3.03. The standard InChI is InChI=1S/C12H14N4O4/c1-15(8-3-2-4-13-5-8)12(20)16-7-10(17)14-6-9(16)11(18)19/h2-5,9H,6-7H2,1H3,(H,14,17)(H,18,19). The lowest BCUT2D eigenvalue weighted by molar-refractivity contribution is -0.144. The fourth-order valence-electron chi connectivity index (χ4n) is 1.92. The van der Waals surface area contributed by atoms with Gasteiger partial charge in [0.15, 0.2) is 0 Å². The Bertz CT molecular complexity index is 534. The average molecular weight is 278 g/mol. The first-order valence-electron chi connectivity index (χ1n) is 5.94. The summed E-state index contributed by atoms with van der Waals surface area (Å²) in [6, 6.07) is 1.71. The lowest BCUT2D eigenvalue weighted by Crippen LogP contribution is -2.61. The maximum absolute atomic E-state index is 12.3. The molecule has 2 rings (SSSR count). The number of nitrogens with one attached hydrogen (secondary N) is 1. The van der Waals surface area contributed by atoms with Gasteiger partial charge in [0.1, 0.15) is 12.6 Å². The number of hydrogen-bond donors (Lipinski definition) is 2. The van der Waals surface area contributed by atoms with Crippen LogP contribution in [0.4, 0.5) is 10.5 Å². The van der Waals surface area contributed by atoms with Crippen molar-refractivity contribution in [2.24, 2.45) is 0 Å². The minimum atomic E-state index is -1.15. The Morgan fingerprint density at radius 3 is 2.90 bits per heavy atom. The Hall–Kier alpha value is -2.64. The van der Waals surface area contributed by atoms with Crippen molar-refractivity contribution in [2.75, 3.05) is 25.0 Å². The van der Waals surface area contributed by atoms with Gasteiger partial charge < -0.3 is 10.4 Å². The molecule has 1 unspecified atom stereocenters. The third-order valence-electron chi connectivity index (χ3n) is 3.03. The number of hydrogen-bond acceptors (Lipinski definition) is 4. The van der Waals surface area contributed by atoms with Crippen LogP contribution in [0, 0.1) is 0 Å². The molecular formula is C12H14N4O4. The summed E-state index contributed by atoms with van der Waals surface area (Å²) >= 11 is 0. The molecular weight excluding hydrogens is 264 g/mol. The quantitative estimate of drug-likeness (QED) is 0.760. The maximum atomic E-state index is 12.3. The second-order valence-electron chi connectivity index (χ2n) is 4.34. The SMILES string of the molecule is CN(C(=O)N1CC(=O)NCC1C(=O)O)c1cccnc1. The zero-order valence-electron chi connectivity index (χ0n) is 10.8. The highest BCUT2D eigenvalue weighted by molar-refractivity contribution is 5.97. The van der Waals surface area contributed by atoms with Crippen LogP contribution < -0.4 is 10.2 Å². The predicted molar refractivity (Wildman–Crippen MR) is 69.2 cm³/mol. The van der Waals surface area contributed by atoms with Crippen molar-refractivity contribution >= 4 is 23.6 Å². The Morgan fingerprint density at radius 1 is 1.55 bits per heavy atom. The first-order chi connectivity index (χ1) is 9.50. The summed E-state index contributed by atoms with van der Waals surface area (Å²) in [5.74, 6) is -1.53. The number of carbonyl (C=O) groups is 3. The molecule has 1 aromatic rings. The van der Waals surface area contributed by atoms with Crippen LogP contribution >= 0.6 is 0 Å². The highest BCUT2D eigenvalue weighted by Crippen LogP contribution is 2.15. The maximum Gasteiger partial charge on any atom is 0.328 e. The number of anilines is 1. The molecule has 20 heavy (non-hydrogen) atoms. The van der Waals surface area contributed by atoms with Crippen molar-refractivity contribution in [1.29, 1.82) is 0 Å². The normalized spacial score (nSPS) is 18.4. The molecule has 8 heteroatoms. The number of carbonyl (C=O) groups excluding carboxylic acids is 2. The van der Waals surface area contributed by atoms with Gasteiger partial charge in [-0.25, -0.2) is 9.59 Å². The number of aliphatic carboxylic acids is 1. The van der Waals surface area contributed by atoms with Gasteiger partial charge in [-0.15, -0.1) is 0 Å². The molecule has 1 aliphatic rings. The van der Waals surface area contributed by atoms with Crippen molar-refractivity contribution in [3.05, 3.63) is 24.5 Å². The molecule has 8 nitrogen and oxygen atoms in total. The van der Waals surface area contributed by atoms with E-state index in [-0.39, 0.29) is 19.0 Å².